The molecule has 0 radical (unpaired) electrons. The normalized spacial score (nSPS) is 18.6. The van der Waals surface area contributed by atoms with E-state index in [1.54, 1.807) is 22.8 Å². The highest BCUT2D eigenvalue weighted by atomic mass is 16.5. The van der Waals surface area contributed by atoms with Gasteiger partial charge < -0.3 is 4.74 Å². The lowest BCUT2D eigenvalue weighted by Gasteiger charge is -2.42. The fourth-order valence-corrected chi connectivity index (χ4v) is 11.9. The van der Waals surface area contributed by atoms with Crippen LogP contribution in [-0.2, 0) is 27.1 Å². The molecule has 2 aliphatic rings. The summed E-state index contributed by atoms with van der Waals surface area (Å²) in [6.07, 6.45) is 9.54. The number of hydrogen-bond donors (Lipinski definition) is 0. The molecule has 0 saturated carbocycles. The quantitative estimate of drug-likeness (QED) is 0.118. The highest BCUT2D eigenvalue weighted by Crippen LogP contribution is 2.52. The first-order valence-electron chi connectivity index (χ1n) is 30.6. The summed E-state index contributed by atoms with van der Waals surface area (Å²) in [6.45, 7) is 25.1. The molecule has 0 atom stereocenters. The Morgan fingerprint density at radius 2 is 1.19 bits per heavy atom. The van der Waals surface area contributed by atoms with Gasteiger partial charge in [-0.3, -0.25) is 13.7 Å². The molecule has 0 fully saturated rings. The highest BCUT2D eigenvalue weighted by Gasteiger charge is 2.40. The number of pyridine rings is 1. The van der Waals surface area contributed by atoms with Crippen LogP contribution in [0.25, 0.3) is 72.3 Å². The fourth-order valence-electron chi connectivity index (χ4n) is 11.9. The minimum atomic E-state index is -0.557. The smallest absolute Gasteiger partial charge is 0.269 e. The Kier molecular flexibility index (Phi) is 8.35. The van der Waals surface area contributed by atoms with Crippen LogP contribution in [0.2, 0.25) is 0 Å². The number of hydrogen-bond acceptors (Lipinski definition) is 2. The lowest BCUT2D eigenvalue weighted by atomic mass is 9.62. The van der Waals surface area contributed by atoms with Crippen molar-refractivity contribution in [1.82, 2.24) is 14.1 Å². The van der Waals surface area contributed by atoms with Crippen LogP contribution in [0.15, 0.2) is 164 Å². The third-order valence-corrected chi connectivity index (χ3v) is 16.3. The van der Waals surface area contributed by atoms with Crippen LogP contribution in [0.3, 0.4) is 0 Å². The van der Waals surface area contributed by atoms with Crippen LogP contribution < -0.4 is 9.30 Å². The van der Waals surface area contributed by atoms with Gasteiger partial charge in [0.1, 0.15) is 17.3 Å². The Balaban J connectivity index is 1.10. The van der Waals surface area contributed by atoms with Crippen molar-refractivity contribution < 1.29 is 23.0 Å². The number of rotatable bonds is 7. The van der Waals surface area contributed by atoms with Crippen molar-refractivity contribution in [3.8, 4) is 50.9 Å². The van der Waals surface area contributed by atoms with Crippen LogP contribution in [-0.4, -0.2) is 14.1 Å². The molecule has 0 bridgehead atoms. The van der Waals surface area contributed by atoms with Gasteiger partial charge in [0.2, 0.25) is 0 Å². The molecule has 10 aromatic rings. The zero-order valence-electron chi connectivity index (χ0n) is 53.8. The van der Waals surface area contributed by atoms with Gasteiger partial charge >= 0.3 is 0 Å². The standard InChI is InChI=1S/C68H68N4O/c1-64(2,3)46-32-37-69-60(38-46)72-56-31-30-53-62(68(10,11)36-35-65(53,4)5)61(56)52-29-28-49(40-57(52)72)73-48-25-18-24-47(39-48)70-43-71(59-42-55-54(41-58(59)70)66(6,7)33-34-67(55,8)9)63-50(44-20-14-12-15-21-44)26-19-27-51(63)45-22-16-13-17-23-45/h12-32,37-42H,33-36H2,1-11H3/i12D,13D,14D,15D,16D,17D,20D,21D,22D,23D. The summed E-state index contributed by atoms with van der Waals surface area (Å²) in [4.78, 5) is 5.04. The third kappa shape index (κ3) is 7.81. The Bertz CT molecular complexity index is 4280. The van der Waals surface area contributed by atoms with Crippen LogP contribution in [0.5, 0.6) is 11.5 Å². The second-order valence-corrected chi connectivity index (χ2v) is 24.0. The molecule has 0 N–H and O–H groups in total. The second-order valence-electron chi connectivity index (χ2n) is 24.0. The van der Waals surface area contributed by atoms with Gasteiger partial charge in [0.15, 0.2) is 0 Å². The van der Waals surface area contributed by atoms with Gasteiger partial charge in [0.05, 0.1) is 47.1 Å². The van der Waals surface area contributed by atoms with Crippen LogP contribution in [0.4, 0.5) is 0 Å². The molecule has 0 saturated heterocycles. The largest absolute Gasteiger partial charge is 0.458 e. The van der Waals surface area contributed by atoms with Crippen molar-refractivity contribution in [2.24, 2.45) is 0 Å². The Morgan fingerprint density at radius 3 is 1.85 bits per heavy atom. The van der Waals surface area contributed by atoms with E-state index in [2.05, 4.69) is 136 Å². The van der Waals surface area contributed by atoms with Crippen molar-refractivity contribution in [3.63, 3.8) is 0 Å². The molecular formula is C68H68N4O. The molecule has 7 aromatic carbocycles. The fraction of sp³-hybridized carbons (Fsp3) is 0.294. The first kappa shape index (κ1) is 36.6. The molecule has 0 aliphatic heterocycles. The summed E-state index contributed by atoms with van der Waals surface area (Å²) in [5.41, 5.74) is 9.90. The summed E-state index contributed by atoms with van der Waals surface area (Å²) in [5.74, 6) is 1.98. The first-order chi connectivity index (χ1) is 38.9. The molecule has 0 spiro atoms. The maximum atomic E-state index is 9.28. The van der Waals surface area contributed by atoms with Crippen molar-refractivity contribution in [1.29, 1.82) is 0 Å². The SMILES string of the molecule is [2H]c1c([2H])c([2H])c(-c2cccc(-c3c([2H])c([2H])c([2H])c([2H])c3[2H])c2-[n+]2[c-]n(-c3cccc(Oc4ccc5c6c7c(ccc6n(-c6cc(C(C)(C)C)ccn6)c5c4)C(C)(C)CCC7(C)C)c3)c3cc4c(cc32)C(C)(C)CCC4(C)C)c([2H])c1[2H]. The van der Waals surface area contributed by atoms with E-state index in [9.17, 15) is 5.48 Å². The molecule has 3 aromatic heterocycles. The van der Waals surface area contributed by atoms with E-state index in [1.165, 1.54) is 22.1 Å². The molecule has 2 aliphatic carbocycles. The van der Waals surface area contributed by atoms with E-state index in [-0.39, 0.29) is 55.0 Å². The van der Waals surface area contributed by atoms with Gasteiger partial charge in [-0.2, -0.15) is 0 Å². The van der Waals surface area contributed by atoms with Crippen LogP contribution in [0.1, 0.15) is 143 Å². The Labute approximate surface area is 446 Å². The van der Waals surface area contributed by atoms with Crippen molar-refractivity contribution in [3.05, 3.63) is 198 Å². The van der Waals surface area contributed by atoms with Gasteiger partial charge in [0, 0.05) is 23.0 Å². The lowest BCUT2D eigenvalue weighted by Crippen LogP contribution is -2.35. The number of fused-ring (bicyclic) bond motifs is 7. The number of aromatic nitrogens is 4. The maximum Gasteiger partial charge on any atom is 0.269 e. The number of para-hydroxylation sites is 1. The van der Waals surface area contributed by atoms with Crippen LogP contribution >= 0.6 is 0 Å². The van der Waals surface area contributed by atoms with E-state index in [1.807, 2.05) is 41.1 Å². The zero-order valence-corrected chi connectivity index (χ0v) is 43.8. The van der Waals surface area contributed by atoms with E-state index in [0.717, 1.165) is 64.6 Å². The zero-order chi connectivity index (χ0) is 59.5. The number of benzene rings is 7. The average Bonchev–Trinajstić information content (AvgIpc) is 4.24. The predicted molar refractivity (Wildman–Crippen MR) is 302 cm³/mol. The maximum absolute atomic E-state index is 9.28. The van der Waals surface area contributed by atoms with Gasteiger partial charge in [-0.25, -0.2) is 4.98 Å². The second kappa shape index (κ2) is 16.6. The molecule has 5 heteroatoms. The molecule has 366 valence electrons. The Hall–Kier alpha value is -7.24. The molecule has 12 rings (SSSR count). The number of imidazole rings is 1. The van der Waals surface area contributed by atoms with Crippen molar-refractivity contribution in [2.75, 3.05) is 0 Å². The molecule has 73 heavy (non-hydrogen) atoms. The predicted octanol–water partition coefficient (Wildman–Crippen LogP) is 17.3. The summed E-state index contributed by atoms with van der Waals surface area (Å²) >= 11 is 0. The molecule has 5 nitrogen and oxygen atoms in total. The van der Waals surface area contributed by atoms with Gasteiger partial charge in [-0.15, -0.1) is 0 Å². The first-order valence-corrected chi connectivity index (χ1v) is 25.6. The minimum Gasteiger partial charge on any atom is -0.458 e. The topological polar surface area (TPSA) is 35.9 Å². The van der Waals surface area contributed by atoms with E-state index < -0.39 is 60.4 Å². The molecule has 0 unspecified atom stereocenters. The molecular weight excluding hydrogens is 889 g/mol. The summed E-state index contributed by atoms with van der Waals surface area (Å²) in [5, 5.41) is 2.35. The minimum absolute atomic E-state index is 0.000187. The van der Waals surface area contributed by atoms with E-state index in [0.29, 0.717) is 22.7 Å². The van der Waals surface area contributed by atoms with E-state index >= 15 is 0 Å². The van der Waals surface area contributed by atoms with Gasteiger partial charge in [-0.05, 0) is 163 Å². The monoisotopic (exact) mass is 967 g/mol. The lowest BCUT2D eigenvalue weighted by molar-refractivity contribution is -0.571. The van der Waals surface area contributed by atoms with Gasteiger partial charge in [-0.1, -0.05) is 167 Å². The highest BCUT2D eigenvalue weighted by molar-refractivity contribution is 6.12. The molecule has 3 heterocycles. The Morgan fingerprint density at radius 1 is 0.589 bits per heavy atom. The third-order valence-electron chi connectivity index (χ3n) is 16.3. The van der Waals surface area contributed by atoms with Crippen molar-refractivity contribution >= 4 is 32.8 Å². The van der Waals surface area contributed by atoms with Crippen molar-refractivity contribution in [2.45, 2.75) is 129 Å². The summed E-state index contributed by atoms with van der Waals surface area (Å²) < 4.78 is 102. The number of ether oxygens (including phenoxy) is 1. The summed E-state index contributed by atoms with van der Waals surface area (Å²) in [7, 11) is 0. The average molecular weight is 967 g/mol. The number of nitrogens with zero attached hydrogens (tertiary/aromatic N) is 4. The van der Waals surface area contributed by atoms with Gasteiger partial charge in [0.25, 0.3) is 6.33 Å². The summed E-state index contributed by atoms with van der Waals surface area (Å²) in [6, 6.07) is 27.1. The van der Waals surface area contributed by atoms with E-state index in [4.69, 9.17) is 17.9 Å². The molecule has 0 amide bonds. The van der Waals surface area contributed by atoms with Crippen LogP contribution in [0, 0.1) is 6.33 Å².